The highest BCUT2D eigenvalue weighted by atomic mass is 28.3. The summed E-state index contributed by atoms with van der Waals surface area (Å²) >= 11 is 0. The Labute approximate surface area is 93.9 Å². The molecule has 0 saturated heterocycles. The van der Waals surface area contributed by atoms with E-state index in [0.717, 1.165) is 13.0 Å². The van der Waals surface area contributed by atoms with E-state index in [4.69, 9.17) is 4.84 Å². The van der Waals surface area contributed by atoms with E-state index in [2.05, 4.69) is 54.7 Å². The Bertz CT molecular complexity index is 281. The molecule has 1 rings (SSSR count). The van der Waals surface area contributed by atoms with Crippen molar-refractivity contribution in [1.29, 1.82) is 0 Å². The van der Waals surface area contributed by atoms with E-state index < -0.39 is 8.24 Å². The van der Waals surface area contributed by atoms with Gasteiger partial charge in [0.05, 0.1) is 7.11 Å². The number of benzene rings is 1. The Morgan fingerprint density at radius 1 is 1.13 bits per heavy atom. The van der Waals surface area contributed by atoms with Crippen LogP contribution in [0.3, 0.4) is 0 Å². The van der Waals surface area contributed by atoms with Gasteiger partial charge < -0.3 is 4.84 Å². The lowest BCUT2D eigenvalue weighted by molar-refractivity contribution is -0.0600. The van der Waals surface area contributed by atoms with Gasteiger partial charge in [-0.3, -0.25) is 0 Å². The second-order valence-electron chi connectivity index (χ2n) is 4.69. The normalized spacial score (nSPS) is 12.1. The molecule has 1 aromatic carbocycles. The molecule has 0 bridgehead atoms. The molecule has 1 aromatic rings. The molecule has 0 aliphatic carbocycles. The summed E-state index contributed by atoms with van der Waals surface area (Å²) in [5, 5.41) is 0. The van der Waals surface area contributed by atoms with E-state index >= 15 is 0 Å². The lowest BCUT2D eigenvalue weighted by Crippen LogP contribution is -2.46. The lowest BCUT2D eigenvalue weighted by atomic mass is 10.2. The van der Waals surface area contributed by atoms with Crippen molar-refractivity contribution in [2.45, 2.75) is 26.1 Å². The molecule has 0 aliphatic heterocycles. The molecule has 0 heterocycles. The number of hydrogen-bond donors (Lipinski definition) is 0. The molecule has 0 atom stereocenters. The van der Waals surface area contributed by atoms with Gasteiger partial charge in [-0.25, -0.2) is 4.73 Å². The minimum atomic E-state index is -1.33. The molecule has 3 heteroatoms. The van der Waals surface area contributed by atoms with Gasteiger partial charge in [0.25, 0.3) is 0 Å². The zero-order chi connectivity index (χ0) is 11.3. The Morgan fingerprint density at radius 2 is 1.73 bits per heavy atom. The van der Waals surface area contributed by atoms with Crippen LogP contribution in [0.15, 0.2) is 30.3 Å². The Morgan fingerprint density at radius 3 is 2.20 bits per heavy atom. The Balaban J connectivity index is 2.49. The van der Waals surface area contributed by atoms with Gasteiger partial charge in [0.1, 0.15) is 0 Å². The van der Waals surface area contributed by atoms with Crippen molar-refractivity contribution in [1.82, 2.24) is 4.73 Å². The van der Waals surface area contributed by atoms with E-state index in [9.17, 15) is 0 Å². The summed E-state index contributed by atoms with van der Waals surface area (Å²) in [6, 6.07) is 10.5. The van der Waals surface area contributed by atoms with Crippen LogP contribution >= 0.6 is 0 Å². The molecule has 0 unspecified atom stereocenters. The van der Waals surface area contributed by atoms with E-state index in [-0.39, 0.29) is 0 Å². The van der Waals surface area contributed by atoms with Crippen LogP contribution in [-0.4, -0.2) is 26.6 Å². The molecule has 0 radical (unpaired) electrons. The van der Waals surface area contributed by atoms with Crippen LogP contribution in [0.4, 0.5) is 0 Å². The van der Waals surface area contributed by atoms with Crippen LogP contribution in [0, 0.1) is 0 Å². The van der Waals surface area contributed by atoms with Gasteiger partial charge >= 0.3 is 0 Å². The summed E-state index contributed by atoms with van der Waals surface area (Å²) in [6.45, 7) is 7.86. The minimum Gasteiger partial charge on any atom is -0.309 e. The van der Waals surface area contributed by atoms with E-state index in [1.54, 1.807) is 7.11 Å². The summed E-state index contributed by atoms with van der Waals surface area (Å²) in [5.41, 5.74) is 1.37. The molecule has 0 amide bonds. The first-order valence-electron chi connectivity index (χ1n) is 5.39. The standard InChI is InChI=1S/C12H21NOSi/c1-14-13(15(2,3)4)11-10-12-8-6-5-7-9-12/h5-9H,10-11H2,1-4H3. The first kappa shape index (κ1) is 12.4. The molecule has 0 aliphatic rings. The zero-order valence-electron chi connectivity index (χ0n) is 10.2. The molecule has 0 aromatic heterocycles. The summed E-state index contributed by atoms with van der Waals surface area (Å²) in [5.74, 6) is 0. The van der Waals surface area contributed by atoms with Gasteiger partial charge in [-0.1, -0.05) is 50.0 Å². The molecule has 0 saturated carbocycles. The highest BCUT2D eigenvalue weighted by Crippen LogP contribution is 2.10. The second kappa shape index (κ2) is 5.44. The smallest absolute Gasteiger partial charge is 0.151 e. The van der Waals surface area contributed by atoms with Crippen molar-refractivity contribution in [3.8, 4) is 0 Å². The van der Waals surface area contributed by atoms with Crippen molar-refractivity contribution in [3.63, 3.8) is 0 Å². The fourth-order valence-corrected chi connectivity index (χ4v) is 2.91. The average Bonchev–Trinajstić information content (AvgIpc) is 2.18. The van der Waals surface area contributed by atoms with Gasteiger partial charge in [-0.15, -0.1) is 0 Å². The van der Waals surface area contributed by atoms with Crippen LogP contribution in [-0.2, 0) is 11.3 Å². The van der Waals surface area contributed by atoms with Crippen molar-refractivity contribution in [3.05, 3.63) is 35.9 Å². The van der Waals surface area contributed by atoms with Gasteiger partial charge in [-0.05, 0) is 12.0 Å². The Hall–Kier alpha value is -0.643. The molecular formula is C12H21NOSi. The quantitative estimate of drug-likeness (QED) is 0.562. The van der Waals surface area contributed by atoms with Crippen molar-refractivity contribution < 1.29 is 4.84 Å². The molecule has 84 valence electrons. The van der Waals surface area contributed by atoms with E-state index in [1.807, 2.05) is 0 Å². The van der Waals surface area contributed by atoms with Crippen molar-refractivity contribution >= 4 is 8.24 Å². The van der Waals surface area contributed by atoms with Crippen molar-refractivity contribution in [2.75, 3.05) is 13.7 Å². The third kappa shape index (κ3) is 4.16. The number of rotatable bonds is 5. The van der Waals surface area contributed by atoms with Crippen molar-refractivity contribution in [2.24, 2.45) is 0 Å². The first-order chi connectivity index (χ1) is 7.04. The third-order valence-corrected chi connectivity index (χ3v) is 4.32. The average molecular weight is 223 g/mol. The summed E-state index contributed by atoms with van der Waals surface area (Å²) < 4.78 is 2.15. The zero-order valence-corrected chi connectivity index (χ0v) is 11.2. The minimum absolute atomic E-state index is 0.982. The first-order valence-corrected chi connectivity index (χ1v) is 8.84. The molecular weight excluding hydrogens is 202 g/mol. The maximum atomic E-state index is 5.43. The monoisotopic (exact) mass is 223 g/mol. The van der Waals surface area contributed by atoms with Crippen LogP contribution in [0.25, 0.3) is 0 Å². The SMILES string of the molecule is CON(CCc1ccccc1)[Si](C)(C)C. The summed E-state index contributed by atoms with van der Waals surface area (Å²) in [6.07, 6.45) is 1.05. The number of hydrogen-bond acceptors (Lipinski definition) is 2. The van der Waals surface area contributed by atoms with Crippen LogP contribution in [0.1, 0.15) is 5.56 Å². The molecule has 15 heavy (non-hydrogen) atoms. The number of hydroxylamine groups is 1. The maximum Gasteiger partial charge on any atom is 0.151 e. The second-order valence-corrected chi connectivity index (χ2v) is 9.53. The van der Waals surface area contributed by atoms with E-state index in [0.29, 0.717) is 0 Å². The highest BCUT2D eigenvalue weighted by Gasteiger charge is 2.23. The van der Waals surface area contributed by atoms with Crippen LogP contribution in [0.5, 0.6) is 0 Å². The highest BCUT2D eigenvalue weighted by molar-refractivity contribution is 6.72. The largest absolute Gasteiger partial charge is 0.309 e. The Kier molecular flexibility index (Phi) is 4.51. The lowest BCUT2D eigenvalue weighted by Gasteiger charge is -2.31. The molecule has 0 spiro atoms. The number of nitrogens with zero attached hydrogens (tertiary/aromatic N) is 1. The van der Waals surface area contributed by atoms with Gasteiger partial charge in [-0.2, -0.15) is 0 Å². The maximum absolute atomic E-state index is 5.43. The predicted molar refractivity (Wildman–Crippen MR) is 67.2 cm³/mol. The van der Waals surface area contributed by atoms with Gasteiger partial charge in [0.2, 0.25) is 0 Å². The van der Waals surface area contributed by atoms with E-state index in [1.165, 1.54) is 5.56 Å². The predicted octanol–water partition coefficient (Wildman–Crippen LogP) is 2.93. The molecule has 0 fully saturated rings. The molecule has 0 N–H and O–H groups in total. The third-order valence-electron chi connectivity index (χ3n) is 2.41. The fourth-order valence-electron chi connectivity index (χ4n) is 1.58. The summed E-state index contributed by atoms with van der Waals surface area (Å²) in [7, 11) is 0.438. The van der Waals surface area contributed by atoms with Gasteiger partial charge in [0, 0.05) is 6.54 Å². The van der Waals surface area contributed by atoms with Gasteiger partial charge in [0.15, 0.2) is 8.24 Å². The fraction of sp³-hybridized carbons (Fsp3) is 0.500. The molecule has 2 nitrogen and oxygen atoms in total. The topological polar surface area (TPSA) is 12.5 Å². The summed E-state index contributed by atoms with van der Waals surface area (Å²) in [4.78, 5) is 5.43. The van der Waals surface area contributed by atoms with Crippen LogP contribution in [0.2, 0.25) is 19.6 Å². The van der Waals surface area contributed by atoms with Crippen LogP contribution < -0.4 is 0 Å².